The molecule has 2 atom stereocenters. The Kier molecular flexibility index (Phi) is 5.20. The van der Waals surface area contributed by atoms with Crippen molar-refractivity contribution in [1.82, 2.24) is 10.3 Å². The van der Waals surface area contributed by atoms with Gasteiger partial charge < -0.3 is 11.1 Å². The van der Waals surface area contributed by atoms with Crippen LogP contribution in [0.25, 0.3) is 5.70 Å². The Morgan fingerprint density at radius 1 is 1.19 bits per heavy atom. The highest BCUT2D eigenvalue weighted by molar-refractivity contribution is 5.72. The van der Waals surface area contributed by atoms with E-state index in [1.807, 2.05) is 24.3 Å². The first-order chi connectivity index (χ1) is 12.3. The minimum absolute atomic E-state index is 0.214. The van der Waals surface area contributed by atoms with Crippen LogP contribution >= 0.6 is 0 Å². The highest BCUT2D eigenvalue weighted by atomic mass is 19.4. The summed E-state index contributed by atoms with van der Waals surface area (Å²) in [6, 6.07) is 10.3. The monoisotopic (exact) mass is 361 g/mol. The lowest BCUT2D eigenvalue weighted by Gasteiger charge is -2.24. The summed E-state index contributed by atoms with van der Waals surface area (Å²) in [4.78, 5) is 4.00. The van der Waals surface area contributed by atoms with Crippen LogP contribution in [0.15, 0.2) is 49.2 Å². The molecule has 1 fully saturated rings. The highest BCUT2D eigenvalue weighted by Gasteiger charge is 2.31. The van der Waals surface area contributed by atoms with Crippen molar-refractivity contribution in [2.75, 3.05) is 5.73 Å². The summed E-state index contributed by atoms with van der Waals surface area (Å²) in [5, 5.41) is 3.46. The normalized spacial score (nSPS) is 20.1. The number of pyridine rings is 1. The van der Waals surface area contributed by atoms with E-state index >= 15 is 0 Å². The van der Waals surface area contributed by atoms with Crippen molar-refractivity contribution in [2.45, 2.75) is 37.9 Å². The van der Waals surface area contributed by atoms with Gasteiger partial charge in [0.15, 0.2) is 0 Å². The van der Waals surface area contributed by atoms with Crippen LogP contribution in [-0.2, 0) is 12.6 Å². The van der Waals surface area contributed by atoms with E-state index in [1.165, 1.54) is 6.07 Å². The topological polar surface area (TPSA) is 50.9 Å². The fraction of sp³-hybridized carbons (Fsp3) is 0.350. The number of benzene rings is 1. The average molecular weight is 361 g/mol. The second kappa shape index (κ2) is 7.40. The van der Waals surface area contributed by atoms with Crippen LogP contribution in [0.3, 0.4) is 0 Å². The van der Waals surface area contributed by atoms with Gasteiger partial charge in [-0.3, -0.25) is 4.98 Å². The quantitative estimate of drug-likeness (QED) is 0.762. The van der Waals surface area contributed by atoms with Crippen LogP contribution in [0, 0.1) is 5.92 Å². The van der Waals surface area contributed by atoms with E-state index in [0.29, 0.717) is 23.7 Å². The smallest absolute Gasteiger partial charge is 0.398 e. The molecule has 2 aromatic rings. The van der Waals surface area contributed by atoms with Gasteiger partial charge in [-0.25, -0.2) is 0 Å². The number of alkyl halides is 3. The van der Waals surface area contributed by atoms with Crippen LogP contribution in [-0.4, -0.2) is 11.0 Å². The summed E-state index contributed by atoms with van der Waals surface area (Å²) < 4.78 is 38.0. The Balaban J connectivity index is 1.65. The Morgan fingerprint density at radius 2 is 1.96 bits per heavy atom. The SMILES string of the molecule is C=C(NC1CCCC1Cc1ccc(C(F)(F)F)cn1)c1ccccc1N. The first-order valence-corrected chi connectivity index (χ1v) is 8.67. The maximum atomic E-state index is 12.7. The van der Waals surface area contributed by atoms with Gasteiger partial charge >= 0.3 is 6.18 Å². The lowest BCUT2D eigenvalue weighted by atomic mass is 9.96. The van der Waals surface area contributed by atoms with E-state index in [2.05, 4.69) is 16.9 Å². The van der Waals surface area contributed by atoms with Gasteiger partial charge in [-0.05, 0) is 43.4 Å². The third-order valence-electron chi connectivity index (χ3n) is 4.93. The number of anilines is 1. The number of rotatable bonds is 5. The van der Waals surface area contributed by atoms with Gasteiger partial charge in [0.1, 0.15) is 0 Å². The molecule has 0 saturated heterocycles. The number of nitrogens with zero attached hydrogens (tertiary/aromatic N) is 1. The predicted molar refractivity (Wildman–Crippen MR) is 97.1 cm³/mol. The van der Waals surface area contributed by atoms with Gasteiger partial charge in [-0.2, -0.15) is 13.2 Å². The molecule has 1 saturated carbocycles. The summed E-state index contributed by atoms with van der Waals surface area (Å²) in [5.74, 6) is 0.306. The standard InChI is InChI=1S/C20H22F3N3/c1-13(17-6-2-3-7-18(17)24)26-19-8-4-5-14(19)11-16-10-9-15(12-25-16)20(21,22)23/h2-3,6-7,9-10,12,14,19,26H,1,4-5,8,11,24H2. The third kappa shape index (κ3) is 4.18. The predicted octanol–water partition coefficient (Wildman–Crippen LogP) is 4.65. The number of nitrogens with two attached hydrogens (primary N) is 1. The number of hydrogen-bond donors (Lipinski definition) is 2. The molecule has 0 spiro atoms. The molecule has 6 heteroatoms. The van der Waals surface area contributed by atoms with E-state index in [0.717, 1.165) is 42.8 Å². The van der Waals surface area contributed by atoms with Gasteiger partial charge in [-0.1, -0.05) is 31.2 Å². The number of aromatic nitrogens is 1. The zero-order chi connectivity index (χ0) is 18.7. The van der Waals surface area contributed by atoms with Crippen molar-refractivity contribution < 1.29 is 13.2 Å². The van der Waals surface area contributed by atoms with Gasteiger partial charge in [0.25, 0.3) is 0 Å². The van der Waals surface area contributed by atoms with Crippen molar-refractivity contribution in [2.24, 2.45) is 5.92 Å². The van der Waals surface area contributed by atoms with Crippen molar-refractivity contribution in [3.8, 4) is 0 Å². The summed E-state index contributed by atoms with van der Waals surface area (Å²) in [7, 11) is 0. The van der Waals surface area contributed by atoms with Gasteiger partial charge in [0, 0.05) is 34.9 Å². The molecule has 2 unspecified atom stereocenters. The van der Waals surface area contributed by atoms with E-state index < -0.39 is 11.7 Å². The summed E-state index contributed by atoms with van der Waals surface area (Å²) in [5.41, 5.74) is 8.30. The fourth-order valence-electron chi connectivity index (χ4n) is 3.53. The fourth-order valence-corrected chi connectivity index (χ4v) is 3.53. The lowest BCUT2D eigenvalue weighted by Crippen LogP contribution is -2.32. The van der Waals surface area contributed by atoms with Crippen molar-refractivity contribution in [3.63, 3.8) is 0 Å². The molecule has 0 amide bonds. The number of nitrogens with one attached hydrogen (secondary N) is 1. The number of para-hydroxylation sites is 1. The first kappa shape index (κ1) is 18.3. The summed E-state index contributed by atoms with van der Waals surface area (Å²) in [6.45, 7) is 4.10. The zero-order valence-corrected chi connectivity index (χ0v) is 14.4. The Morgan fingerprint density at radius 3 is 2.62 bits per heavy atom. The second-order valence-corrected chi connectivity index (χ2v) is 6.75. The van der Waals surface area contributed by atoms with Crippen LogP contribution in [0.1, 0.15) is 36.1 Å². The van der Waals surface area contributed by atoms with Crippen molar-refractivity contribution in [1.29, 1.82) is 0 Å². The largest absolute Gasteiger partial charge is 0.417 e. The van der Waals surface area contributed by atoms with Crippen molar-refractivity contribution in [3.05, 3.63) is 66.0 Å². The minimum Gasteiger partial charge on any atom is -0.398 e. The minimum atomic E-state index is -4.35. The highest BCUT2D eigenvalue weighted by Crippen LogP contribution is 2.32. The van der Waals surface area contributed by atoms with E-state index in [-0.39, 0.29) is 6.04 Å². The zero-order valence-electron chi connectivity index (χ0n) is 14.4. The maximum Gasteiger partial charge on any atom is 0.417 e. The van der Waals surface area contributed by atoms with Crippen LogP contribution in [0.5, 0.6) is 0 Å². The Hall–Kier alpha value is -2.50. The summed E-state index contributed by atoms with van der Waals surface area (Å²) >= 11 is 0. The van der Waals surface area contributed by atoms with Crippen LogP contribution in [0.4, 0.5) is 18.9 Å². The Labute approximate surface area is 151 Å². The Bertz CT molecular complexity index is 769. The molecular weight excluding hydrogens is 339 g/mol. The maximum absolute atomic E-state index is 12.7. The molecule has 3 nitrogen and oxygen atoms in total. The van der Waals surface area contributed by atoms with Crippen molar-refractivity contribution >= 4 is 11.4 Å². The molecule has 1 heterocycles. The number of hydrogen-bond acceptors (Lipinski definition) is 3. The molecule has 1 aliphatic carbocycles. The molecule has 0 bridgehead atoms. The number of nitrogen functional groups attached to an aromatic ring is 1. The van der Waals surface area contributed by atoms with Gasteiger partial charge in [0.2, 0.25) is 0 Å². The molecule has 138 valence electrons. The lowest BCUT2D eigenvalue weighted by molar-refractivity contribution is -0.137. The number of halogens is 3. The second-order valence-electron chi connectivity index (χ2n) is 6.75. The summed E-state index contributed by atoms with van der Waals surface area (Å²) in [6.07, 6.45) is 0.287. The molecule has 0 aliphatic heterocycles. The third-order valence-corrected chi connectivity index (χ3v) is 4.93. The molecule has 3 rings (SSSR count). The van der Waals surface area contributed by atoms with Crippen LogP contribution < -0.4 is 11.1 Å². The van der Waals surface area contributed by atoms with Gasteiger partial charge in [0.05, 0.1) is 5.56 Å². The molecule has 1 aliphatic rings. The molecule has 0 radical (unpaired) electrons. The molecular formula is C20H22F3N3. The van der Waals surface area contributed by atoms with E-state index in [4.69, 9.17) is 5.73 Å². The van der Waals surface area contributed by atoms with E-state index in [9.17, 15) is 13.2 Å². The van der Waals surface area contributed by atoms with E-state index in [1.54, 1.807) is 0 Å². The van der Waals surface area contributed by atoms with Crippen LogP contribution in [0.2, 0.25) is 0 Å². The molecule has 1 aromatic carbocycles. The molecule has 1 aromatic heterocycles. The molecule has 26 heavy (non-hydrogen) atoms. The average Bonchev–Trinajstić information content (AvgIpc) is 3.01. The first-order valence-electron chi connectivity index (χ1n) is 8.67. The van der Waals surface area contributed by atoms with Gasteiger partial charge in [-0.15, -0.1) is 0 Å². The molecule has 3 N–H and O–H groups in total.